The second kappa shape index (κ2) is 3.49. The Morgan fingerprint density at radius 1 is 1.12 bits per heavy atom. The van der Waals surface area contributed by atoms with Crippen LogP contribution < -0.4 is 10.5 Å². The summed E-state index contributed by atoms with van der Waals surface area (Å²) in [5, 5.41) is 5.07. The van der Waals surface area contributed by atoms with E-state index in [4.69, 9.17) is 0 Å². The van der Waals surface area contributed by atoms with E-state index in [-0.39, 0.29) is 5.54 Å². The van der Waals surface area contributed by atoms with Gasteiger partial charge >= 0.3 is 0 Å². The maximum atomic E-state index is 3.54. The van der Waals surface area contributed by atoms with Crippen molar-refractivity contribution in [2.24, 2.45) is 0 Å². The Morgan fingerprint density at radius 3 is 2.44 bits per heavy atom. The van der Waals surface area contributed by atoms with Crippen LogP contribution in [0.15, 0.2) is 24.3 Å². The topological polar surface area (TPSA) is 12.0 Å². The van der Waals surface area contributed by atoms with Crippen molar-refractivity contribution >= 4 is 25.0 Å². The van der Waals surface area contributed by atoms with Crippen molar-refractivity contribution in [1.82, 2.24) is 0 Å². The lowest BCUT2D eigenvalue weighted by molar-refractivity contribution is 0.711. The predicted molar refractivity (Wildman–Crippen MR) is 76.2 cm³/mol. The number of nitrogens with one attached hydrogen (secondary N) is 1. The summed E-state index contributed by atoms with van der Waals surface area (Å²) in [6.45, 7) is 11.5. The lowest BCUT2D eigenvalue weighted by Crippen LogP contribution is -2.38. The van der Waals surface area contributed by atoms with Gasteiger partial charge < -0.3 is 5.32 Å². The fourth-order valence-electron chi connectivity index (χ4n) is 1.97. The third-order valence-corrected chi connectivity index (χ3v) is 5.10. The molecule has 0 atom stereocenters. The summed E-state index contributed by atoms with van der Waals surface area (Å²) in [7, 11) is -1.19. The average molecular weight is 231 g/mol. The van der Waals surface area contributed by atoms with Gasteiger partial charge in [0.1, 0.15) is 0 Å². The molecule has 0 bridgehead atoms. The molecular formula is C14H21NSi. The second-order valence-corrected chi connectivity index (χ2v) is 11.3. The number of hydrogen-bond donors (Lipinski definition) is 1. The highest BCUT2D eigenvalue weighted by Gasteiger charge is 2.22. The van der Waals surface area contributed by atoms with E-state index in [1.807, 2.05) is 0 Å². The first-order valence-electron chi connectivity index (χ1n) is 5.90. The molecule has 0 saturated heterocycles. The summed E-state index contributed by atoms with van der Waals surface area (Å²) in [6.07, 6.45) is 4.48. The molecule has 2 heteroatoms. The van der Waals surface area contributed by atoms with E-state index in [2.05, 4.69) is 69.2 Å². The van der Waals surface area contributed by atoms with Crippen LogP contribution in [0.1, 0.15) is 19.4 Å². The van der Waals surface area contributed by atoms with Crippen LogP contribution in [0.5, 0.6) is 0 Å². The molecule has 1 aromatic carbocycles. The minimum Gasteiger partial charge on any atom is -0.376 e. The minimum atomic E-state index is -1.19. The molecule has 0 amide bonds. The summed E-state index contributed by atoms with van der Waals surface area (Å²) >= 11 is 0. The van der Waals surface area contributed by atoms with Crippen LogP contribution in [0, 0.1) is 0 Å². The van der Waals surface area contributed by atoms with Crippen molar-refractivity contribution in [3.05, 3.63) is 29.8 Å². The smallest absolute Gasteiger partial charge is 0.0776 e. The zero-order chi connectivity index (χ0) is 12.0. The average Bonchev–Trinajstić information content (AvgIpc) is 2.14. The van der Waals surface area contributed by atoms with Gasteiger partial charge in [-0.15, -0.1) is 0 Å². The van der Waals surface area contributed by atoms with Gasteiger partial charge in [-0.25, -0.2) is 0 Å². The molecule has 86 valence electrons. The van der Waals surface area contributed by atoms with Crippen molar-refractivity contribution in [3.8, 4) is 0 Å². The zero-order valence-electron chi connectivity index (χ0n) is 10.9. The van der Waals surface area contributed by atoms with Gasteiger partial charge in [0, 0.05) is 5.69 Å². The molecule has 16 heavy (non-hydrogen) atoms. The molecule has 0 saturated carbocycles. The first kappa shape index (κ1) is 11.5. The number of fused-ring (bicyclic) bond motifs is 1. The molecule has 1 aliphatic rings. The first-order chi connectivity index (χ1) is 7.28. The third kappa shape index (κ3) is 2.22. The van der Waals surface area contributed by atoms with Gasteiger partial charge in [0.2, 0.25) is 0 Å². The molecule has 0 spiro atoms. The molecule has 0 radical (unpaired) electrons. The van der Waals surface area contributed by atoms with E-state index >= 15 is 0 Å². The number of hydrogen-bond acceptors (Lipinski definition) is 1. The predicted octanol–water partition coefficient (Wildman–Crippen LogP) is 3.45. The normalized spacial score (nSPS) is 17.8. The van der Waals surface area contributed by atoms with Gasteiger partial charge in [-0.05, 0) is 25.5 Å². The molecule has 1 nitrogen and oxygen atoms in total. The Bertz CT molecular complexity index is 439. The number of rotatable bonds is 1. The summed E-state index contributed by atoms with van der Waals surface area (Å²) in [6, 6.07) is 6.86. The van der Waals surface area contributed by atoms with Gasteiger partial charge in [0.05, 0.1) is 13.6 Å². The Balaban J connectivity index is 2.43. The van der Waals surface area contributed by atoms with Crippen molar-refractivity contribution < 1.29 is 0 Å². The van der Waals surface area contributed by atoms with Crippen molar-refractivity contribution in [1.29, 1.82) is 0 Å². The molecular weight excluding hydrogens is 210 g/mol. The summed E-state index contributed by atoms with van der Waals surface area (Å²) in [5.41, 5.74) is 2.67. The monoisotopic (exact) mass is 231 g/mol. The van der Waals surface area contributed by atoms with E-state index in [1.165, 1.54) is 16.4 Å². The highest BCUT2D eigenvalue weighted by molar-refractivity contribution is 6.88. The Morgan fingerprint density at radius 2 is 1.81 bits per heavy atom. The lowest BCUT2D eigenvalue weighted by Gasteiger charge is -2.30. The second-order valence-electron chi connectivity index (χ2n) is 6.23. The maximum Gasteiger partial charge on any atom is 0.0776 e. The quantitative estimate of drug-likeness (QED) is 0.730. The van der Waals surface area contributed by atoms with Crippen LogP contribution >= 0.6 is 0 Å². The fraction of sp³-hybridized carbons (Fsp3) is 0.429. The molecule has 1 N–H and O–H groups in total. The number of benzene rings is 1. The number of anilines is 1. The van der Waals surface area contributed by atoms with E-state index in [1.54, 1.807) is 0 Å². The van der Waals surface area contributed by atoms with Gasteiger partial charge in [-0.1, -0.05) is 49.1 Å². The highest BCUT2D eigenvalue weighted by atomic mass is 28.3. The van der Waals surface area contributed by atoms with Crippen LogP contribution in [0.2, 0.25) is 19.6 Å². The Kier molecular flexibility index (Phi) is 2.50. The van der Waals surface area contributed by atoms with Gasteiger partial charge in [-0.3, -0.25) is 0 Å². The largest absolute Gasteiger partial charge is 0.376 e. The van der Waals surface area contributed by atoms with E-state index in [0.29, 0.717) is 0 Å². The summed E-state index contributed by atoms with van der Waals surface area (Å²) < 4.78 is 0. The van der Waals surface area contributed by atoms with E-state index < -0.39 is 8.07 Å². The Labute approximate surface area is 99.6 Å². The Hall–Kier alpha value is -1.02. The van der Waals surface area contributed by atoms with Gasteiger partial charge in [0.25, 0.3) is 0 Å². The molecule has 0 unspecified atom stereocenters. The van der Waals surface area contributed by atoms with Crippen LogP contribution in [0.4, 0.5) is 5.69 Å². The molecule has 1 aliphatic heterocycles. The maximum absolute atomic E-state index is 3.54. The van der Waals surface area contributed by atoms with Gasteiger partial charge in [0.15, 0.2) is 0 Å². The summed E-state index contributed by atoms with van der Waals surface area (Å²) in [5.74, 6) is 0. The molecule has 2 rings (SSSR count). The van der Waals surface area contributed by atoms with Crippen molar-refractivity contribution in [3.63, 3.8) is 0 Å². The van der Waals surface area contributed by atoms with Crippen LogP contribution in [0.3, 0.4) is 0 Å². The van der Waals surface area contributed by atoms with Gasteiger partial charge in [-0.2, -0.15) is 0 Å². The molecule has 0 aliphatic carbocycles. The minimum absolute atomic E-state index is 0.0771. The standard InChI is InChI=1S/C14H21NSi/c1-14(2)9-8-11-10-12(16(3,4)5)6-7-13(11)15-14/h6-10,15H,1-5H3. The molecule has 0 fully saturated rings. The van der Waals surface area contributed by atoms with Crippen LogP contribution in [-0.4, -0.2) is 13.6 Å². The van der Waals surface area contributed by atoms with Crippen LogP contribution in [-0.2, 0) is 0 Å². The zero-order valence-corrected chi connectivity index (χ0v) is 11.9. The van der Waals surface area contributed by atoms with E-state index in [0.717, 1.165) is 0 Å². The van der Waals surface area contributed by atoms with Crippen molar-refractivity contribution in [2.75, 3.05) is 5.32 Å². The molecule has 1 heterocycles. The first-order valence-corrected chi connectivity index (χ1v) is 9.40. The molecule has 1 aromatic rings. The SMILES string of the molecule is CC1(C)C=Cc2cc([Si](C)(C)C)ccc2N1. The summed E-state index contributed by atoms with van der Waals surface area (Å²) in [4.78, 5) is 0. The fourth-order valence-corrected chi connectivity index (χ4v) is 3.14. The lowest BCUT2D eigenvalue weighted by atomic mass is 9.97. The molecule has 0 aromatic heterocycles. The van der Waals surface area contributed by atoms with Crippen LogP contribution in [0.25, 0.3) is 6.08 Å². The van der Waals surface area contributed by atoms with E-state index in [9.17, 15) is 0 Å². The van der Waals surface area contributed by atoms with Crippen molar-refractivity contribution in [2.45, 2.75) is 39.0 Å². The third-order valence-electron chi connectivity index (χ3n) is 3.05. The highest BCUT2D eigenvalue weighted by Crippen LogP contribution is 2.27.